The van der Waals surface area contributed by atoms with Crippen molar-refractivity contribution in [1.29, 1.82) is 0 Å². The number of aromatic nitrogens is 2. The van der Waals surface area contributed by atoms with Gasteiger partial charge in [-0.2, -0.15) is 5.10 Å². The van der Waals surface area contributed by atoms with Gasteiger partial charge in [0.15, 0.2) is 0 Å². The number of carbonyl (C=O) groups is 1. The lowest BCUT2D eigenvalue weighted by atomic mass is 9.91. The van der Waals surface area contributed by atoms with Gasteiger partial charge in [0, 0.05) is 26.3 Å². The van der Waals surface area contributed by atoms with Gasteiger partial charge in [-0.05, 0) is 36.5 Å². The maximum absolute atomic E-state index is 12.6. The van der Waals surface area contributed by atoms with E-state index in [1.165, 1.54) is 5.56 Å². The molecule has 0 aliphatic carbocycles. The van der Waals surface area contributed by atoms with Crippen molar-refractivity contribution >= 4 is 29.1 Å². The third kappa shape index (κ3) is 2.99. The fourth-order valence-electron chi connectivity index (χ4n) is 2.93. The van der Waals surface area contributed by atoms with Crippen LogP contribution in [-0.2, 0) is 7.05 Å². The maximum Gasteiger partial charge on any atom is 0.256 e. The molecule has 1 aliphatic heterocycles. The van der Waals surface area contributed by atoms with Crippen molar-refractivity contribution in [2.75, 3.05) is 13.1 Å². The van der Waals surface area contributed by atoms with E-state index in [1.54, 1.807) is 18.2 Å². The standard InChI is InChI=1S/C16H17Cl2N3O/c1-20-10-12(9-19-20)11-5-7-21(8-6-11)16(22)15-13(17)3-2-4-14(15)18/h2-4,9-11H,5-8H2,1H3. The molecule has 1 aromatic carbocycles. The summed E-state index contributed by atoms with van der Waals surface area (Å²) in [6, 6.07) is 5.14. The highest BCUT2D eigenvalue weighted by Gasteiger charge is 2.27. The Hall–Kier alpha value is -1.52. The summed E-state index contributed by atoms with van der Waals surface area (Å²) in [5.41, 5.74) is 1.65. The minimum Gasteiger partial charge on any atom is -0.339 e. The number of nitrogens with zero attached hydrogens (tertiary/aromatic N) is 3. The first-order valence-corrected chi connectivity index (χ1v) is 8.03. The Labute approximate surface area is 139 Å². The monoisotopic (exact) mass is 337 g/mol. The fourth-order valence-corrected chi connectivity index (χ4v) is 3.49. The van der Waals surface area contributed by atoms with Crippen LogP contribution in [0.25, 0.3) is 0 Å². The lowest BCUT2D eigenvalue weighted by Crippen LogP contribution is -2.38. The van der Waals surface area contributed by atoms with Crippen molar-refractivity contribution < 1.29 is 4.79 Å². The quantitative estimate of drug-likeness (QED) is 0.836. The van der Waals surface area contributed by atoms with E-state index in [-0.39, 0.29) is 5.91 Å². The van der Waals surface area contributed by atoms with Crippen molar-refractivity contribution in [3.8, 4) is 0 Å². The molecule has 4 nitrogen and oxygen atoms in total. The number of halogens is 2. The van der Waals surface area contributed by atoms with Gasteiger partial charge in [-0.15, -0.1) is 0 Å². The summed E-state index contributed by atoms with van der Waals surface area (Å²) in [7, 11) is 1.92. The lowest BCUT2D eigenvalue weighted by molar-refractivity contribution is 0.0713. The molecule has 1 amide bonds. The highest BCUT2D eigenvalue weighted by atomic mass is 35.5. The second-order valence-electron chi connectivity index (χ2n) is 5.61. The molecule has 0 radical (unpaired) electrons. The topological polar surface area (TPSA) is 38.1 Å². The Morgan fingerprint density at radius 1 is 1.23 bits per heavy atom. The number of rotatable bonds is 2. The van der Waals surface area contributed by atoms with Crippen LogP contribution >= 0.6 is 23.2 Å². The van der Waals surface area contributed by atoms with Crippen LogP contribution in [0, 0.1) is 0 Å². The van der Waals surface area contributed by atoms with Gasteiger partial charge in [0.25, 0.3) is 5.91 Å². The van der Waals surface area contributed by atoms with Gasteiger partial charge in [0.05, 0.1) is 21.8 Å². The first-order chi connectivity index (χ1) is 10.6. The molecule has 1 aliphatic rings. The zero-order valence-electron chi connectivity index (χ0n) is 12.3. The Bertz CT molecular complexity index is 670. The number of aryl methyl sites for hydroxylation is 1. The molecule has 0 unspecified atom stereocenters. The van der Waals surface area contributed by atoms with Gasteiger partial charge in [-0.1, -0.05) is 29.3 Å². The predicted molar refractivity (Wildman–Crippen MR) is 87.5 cm³/mol. The molecule has 0 spiro atoms. The maximum atomic E-state index is 12.6. The van der Waals surface area contributed by atoms with Gasteiger partial charge in [-0.25, -0.2) is 0 Å². The van der Waals surface area contributed by atoms with Crippen LogP contribution in [0.2, 0.25) is 10.0 Å². The van der Waals surface area contributed by atoms with E-state index in [4.69, 9.17) is 23.2 Å². The molecule has 0 atom stereocenters. The SMILES string of the molecule is Cn1cc(C2CCN(C(=O)c3c(Cl)cccc3Cl)CC2)cn1. The molecule has 1 aromatic heterocycles. The molecule has 2 heterocycles. The van der Waals surface area contributed by atoms with E-state index >= 15 is 0 Å². The van der Waals surface area contributed by atoms with Crippen LogP contribution in [0.15, 0.2) is 30.6 Å². The lowest BCUT2D eigenvalue weighted by Gasteiger charge is -2.32. The van der Waals surface area contributed by atoms with Crippen LogP contribution in [0.3, 0.4) is 0 Å². The van der Waals surface area contributed by atoms with Gasteiger partial charge < -0.3 is 4.90 Å². The molecule has 0 saturated carbocycles. The number of likely N-dealkylation sites (tertiary alicyclic amines) is 1. The van der Waals surface area contributed by atoms with E-state index in [2.05, 4.69) is 5.10 Å². The molecule has 0 N–H and O–H groups in total. The summed E-state index contributed by atoms with van der Waals surface area (Å²) in [5.74, 6) is 0.375. The van der Waals surface area contributed by atoms with Crippen molar-refractivity contribution in [1.82, 2.24) is 14.7 Å². The number of hydrogen-bond donors (Lipinski definition) is 0. The number of piperidine rings is 1. The summed E-state index contributed by atoms with van der Waals surface area (Å²) in [6.07, 6.45) is 5.82. The minimum absolute atomic E-state index is 0.0831. The van der Waals surface area contributed by atoms with Crippen molar-refractivity contribution in [3.05, 3.63) is 51.8 Å². The molecule has 22 heavy (non-hydrogen) atoms. The van der Waals surface area contributed by atoms with Crippen LogP contribution in [0.1, 0.15) is 34.7 Å². The van der Waals surface area contributed by atoms with Crippen LogP contribution in [-0.4, -0.2) is 33.7 Å². The molecule has 1 saturated heterocycles. The summed E-state index contributed by atoms with van der Waals surface area (Å²) in [5, 5.41) is 5.04. The van der Waals surface area contributed by atoms with Gasteiger partial charge in [-0.3, -0.25) is 9.48 Å². The minimum atomic E-state index is -0.0831. The molecular formula is C16H17Cl2N3O. The molecule has 2 aromatic rings. The van der Waals surface area contributed by atoms with Crippen LogP contribution in [0.4, 0.5) is 0 Å². The Balaban J connectivity index is 1.70. The average Bonchev–Trinajstić information content (AvgIpc) is 2.94. The smallest absolute Gasteiger partial charge is 0.256 e. The number of amides is 1. The van der Waals surface area contributed by atoms with Gasteiger partial charge in [0.2, 0.25) is 0 Å². The highest BCUT2D eigenvalue weighted by molar-refractivity contribution is 6.39. The fraction of sp³-hybridized carbons (Fsp3) is 0.375. The Morgan fingerprint density at radius 2 is 1.86 bits per heavy atom. The first kappa shape index (κ1) is 15.4. The van der Waals surface area contributed by atoms with E-state index in [0.29, 0.717) is 34.6 Å². The summed E-state index contributed by atoms with van der Waals surface area (Å²) >= 11 is 12.3. The molecule has 3 rings (SSSR count). The third-order valence-corrected chi connectivity index (χ3v) is 4.78. The van der Waals surface area contributed by atoms with E-state index in [0.717, 1.165) is 12.8 Å². The Kier molecular flexibility index (Phi) is 4.41. The van der Waals surface area contributed by atoms with Crippen molar-refractivity contribution in [2.24, 2.45) is 7.05 Å². The molecule has 6 heteroatoms. The third-order valence-electron chi connectivity index (χ3n) is 4.16. The molecule has 1 fully saturated rings. The van der Waals surface area contributed by atoms with Crippen LogP contribution < -0.4 is 0 Å². The van der Waals surface area contributed by atoms with E-state index < -0.39 is 0 Å². The van der Waals surface area contributed by atoms with Crippen molar-refractivity contribution in [3.63, 3.8) is 0 Å². The van der Waals surface area contributed by atoms with Gasteiger partial charge >= 0.3 is 0 Å². The number of hydrogen-bond acceptors (Lipinski definition) is 2. The van der Waals surface area contributed by atoms with E-state index in [9.17, 15) is 4.79 Å². The molecule has 0 bridgehead atoms. The Morgan fingerprint density at radius 3 is 2.41 bits per heavy atom. The van der Waals surface area contributed by atoms with Gasteiger partial charge in [0.1, 0.15) is 0 Å². The van der Waals surface area contributed by atoms with Crippen molar-refractivity contribution in [2.45, 2.75) is 18.8 Å². The first-order valence-electron chi connectivity index (χ1n) is 7.28. The predicted octanol–water partition coefficient (Wildman–Crippen LogP) is 3.75. The number of carbonyl (C=O) groups excluding carboxylic acids is 1. The molecule has 116 valence electrons. The van der Waals surface area contributed by atoms with Crippen LogP contribution in [0.5, 0.6) is 0 Å². The summed E-state index contributed by atoms with van der Waals surface area (Å²) in [4.78, 5) is 14.5. The summed E-state index contributed by atoms with van der Waals surface area (Å²) < 4.78 is 1.82. The summed E-state index contributed by atoms with van der Waals surface area (Å²) in [6.45, 7) is 1.42. The second-order valence-corrected chi connectivity index (χ2v) is 6.42. The normalized spacial score (nSPS) is 16.0. The van der Waals surface area contributed by atoms with E-state index in [1.807, 2.05) is 29.0 Å². The number of benzene rings is 1. The zero-order valence-corrected chi connectivity index (χ0v) is 13.8. The average molecular weight is 338 g/mol. The second kappa shape index (κ2) is 6.31. The zero-order chi connectivity index (χ0) is 15.7. The largest absolute Gasteiger partial charge is 0.339 e. The highest BCUT2D eigenvalue weighted by Crippen LogP contribution is 2.31. The molecular weight excluding hydrogens is 321 g/mol.